The van der Waals surface area contributed by atoms with E-state index in [0.29, 0.717) is 27.4 Å². The number of nitrogens with zero attached hydrogens (tertiary/aromatic N) is 1. The number of aromatic nitrogens is 1. The maximum Gasteiger partial charge on any atom is 0.339 e. The summed E-state index contributed by atoms with van der Waals surface area (Å²) >= 11 is 3.21. The fourth-order valence-electron chi connectivity index (χ4n) is 2.57. The zero-order valence-electron chi connectivity index (χ0n) is 14.4. The maximum atomic E-state index is 12.5. The third-order valence-corrected chi connectivity index (χ3v) is 4.27. The van der Waals surface area contributed by atoms with Gasteiger partial charge in [-0.25, -0.2) is 4.79 Å². The normalized spacial score (nSPS) is 10.6. The molecule has 0 aliphatic heterocycles. The van der Waals surface area contributed by atoms with Gasteiger partial charge in [-0.3, -0.25) is 9.59 Å². The second-order valence-electron chi connectivity index (χ2n) is 5.66. The second-order valence-corrected chi connectivity index (χ2v) is 6.44. The van der Waals surface area contributed by atoms with Crippen LogP contribution in [0.3, 0.4) is 0 Å². The molecular weight excluding hydrogens is 392 g/mol. The van der Waals surface area contributed by atoms with Crippen molar-refractivity contribution < 1.29 is 23.5 Å². The smallest absolute Gasteiger partial charge is 0.339 e. The van der Waals surface area contributed by atoms with Crippen LogP contribution in [-0.4, -0.2) is 41.7 Å². The van der Waals surface area contributed by atoms with E-state index in [4.69, 9.17) is 9.15 Å². The first kappa shape index (κ1) is 19.0. The van der Waals surface area contributed by atoms with Gasteiger partial charge < -0.3 is 19.0 Å². The molecular formula is C17H19BrN2O5. The molecule has 0 aliphatic carbocycles. The molecule has 0 fully saturated rings. The molecule has 2 aromatic rings. The minimum absolute atomic E-state index is 0.0586. The Morgan fingerprint density at radius 2 is 2.00 bits per heavy atom. The van der Waals surface area contributed by atoms with Crippen molar-refractivity contribution in [2.75, 3.05) is 14.2 Å². The zero-order valence-corrected chi connectivity index (χ0v) is 16.0. The number of nitrogens with one attached hydrogen (secondary N) is 1. The quantitative estimate of drug-likeness (QED) is 0.583. The van der Waals surface area contributed by atoms with Gasteiger partial charge in [0.05, 0.1) is 31.3 Å². The van der Waals surface area contributed by atoms with Gasteiger partial charge in [0.2, 0.25) is 5.91 Å². The molecule has 0 spiro atoms. The van der Waals surface area contributed by atoms with Crippen LogP contribution in [0.1, 0.15) is 44.8 Å². The second kappa shape index (κ2) is 7.69. The van der Waals surface area contributed by atoms with Gasteiger partial charge in [-0.2, -0.15) is 0 Å². The maximum absolute atomic E-state index is 12.5. The molecule has 8 heteroatoms. The Kier molecular flexibility index (Phi) is 5.84. The molecule has 134 valence electrons. The van der Waals surface area contributed by atoms with Gasteiger partial charge in [-0.05, 0) is 40.5 Å². The van der Waals surface area contributed by atoms with E-state index in [1.165, 1.54) is 18.9 Å². The number of rotatable bonds is 6. The summed E-state index contributed by atoms with van der Waals surface area (Å²) in [7, 11) is 2.90. The fourth-order valence-corrected chi connectivity index (χ4v) is 2.91. The van der Waals surface area contributed by atoms with Crippen LogP contribution in [0.25, 0.3) is 0 Å². The lowest BCUT2D eigenvalue weighted by molar-refractivity contribution is -0.130. The molecule has 0 saturated carbocycles. The number of hydrogen-bond donors (Lipinski definition) is 1. The van der Waals surface area contributed by atoms with E-state index in [2.05, 4.69) is 20.9 Å². The molecule has 1 amide bonds. The third-order valence-electron chi connectivity index (χ3n) is 3.84. The highest BCUT2D eigenvalue weighted by molar-refractivity contribution is 9.10. The van der Waals surface area contributed by atoms with Gasteiger partial charge in [-0.15, -0.1) is 0 Å². The summed E-state index contributed by atoms with van der Waals surface area (Å²) in [5.74, 6) is -0.395. The minimum Gasteiger partial charge on any atom is -0.465 e. The van der Waals surface area contributed by atoms with Crippen LogP contribution in [0, 0.1) is 6.92 Å². The summed E-state index contributed by atoms with van der Waals surface area (Å²) in [6.45, 7) is 3.33. The van der Waals surface area contributed by atoms with E-state index in [1.807, 2.05) is 0 Å². The van der Waals surface area contributed by atoms with Crippen molar-refractivity contribution in [3.8, 4) is 0 Å². The molecule has 2 rings (SSSR count). The first-order chi connectivity index (χ1) is 11.7. The van der Waals surface area contributed by atoms with E-state index < -0.39 is 5.97 Å². The fraction of sp³-hybridized carbons (Fsp3) is 0.353. The molecule has 0 saturated heterocycles. The van der Waals surface area contributed by atoms with Crippen LogP contribution in [0.4, 0.5) is 0 Å². The van der Waals surface area contributed by atoms with Crippen LogP contribution in [0.5, 0.6) is 0 Å². The number of carbonyl (C=O) groups is 3. The molecule has 0 aromatic carbocycles. The monoisotopic (exact) mass is 410 g/mol. The third kappa shape index (κ3) is 4.19. The lowest BCUT2D eigenvalue weighted by Crippen LogP contribution is -2.28. The average Bonchev–Trinajstić information content (AvgIpc) is 3.10. The highest BCUT2D eigenvalue weighted by atomic mass is 79.9. The number of methoxy groups -OCH3 is 1. The van der Waals surface area contributed by atoms with Gasteiger partial charge in [0.25, 0.3) is 0 Å². The number of H-pyrrole nitrogens is 1. The Morgan fingerprint density at radius 1 is 1.32 bits per heavy atom. The molecule has 2 heterocycles. The van der Waals surface area contributed by atoms with Gasteiger partial charge in [0, 0.05) is 19.7 Å². The highest BCUT2D eigenvalue weighted by Gasteiger charge is 2.25. The summed E-state index contributed by atoms with van der Waals surface area (Å²) < 4.78 is 10.7. The van der Waals surface area contributed by atoms with Gasteiger partial charge >= 0.3 is 5.97 Å². The SMILES string of the molecule is COC(=O)c1c(CC(=O)N(C)Cc2ccc(Br)o2)[nH]c(C(C)=O)c1C. The number of aromatic amines is 1. The van der Waals surface area contributed by atoms with Crippen molar-refractivity contribution in [3.05, 3.63) is 45.1 Å². The number of amides is 1. The summed E-state index contributed by atoms with van der Waals surface area (Å²) in [5.41, 5.74) is 1.39. The molecule has 0 aliphatic rings. The Hall–Kier alpha value is -2.35. The van der Waals surface area contributed by atoms with E-state index in [-0.39, 0.29) is 30.2 Å². The van der Waals surface area contributed by atoms with Crippen molar-refractivity contribution in [1.82, 2.24) is 9.88 Å². The number of hydrogen-bond acceptors (Lipinski definition) is 5. The van der Waals surface area contributed by atoms with Gasteiger partial charge in [-0.1, -0.05) is 0 Å². The van der Waals surface area contributed by atoms with E-state index >= 15 is 0 Å². The number of halogens is 1. The van der Waals surface area contributed by atoms with Crippen molar-refractivity contribution in [3.63, 3.8) is 0 Å². The Bertz CT molecular complexity index is 821. The highest BCUT2D eigenvalue weighted by Crippen LogP contribution is 2.22. The molecule has 0 atom stereocenters. The standard InChI is InChI=1S/C17H19BrN2O5/c1-9-15(17(23)24-4)12(19-16(9)10(2)21)7-14(22)20(3)8-11-5-6-13(18)25-11/h5-6,19H,7-8H2,1-4H3. The van der Waals surface area contributed by atoms with Crippen molar-refractivity contribution >= 4 is 33.6 Å². The van der Waals surface area contributed by atoms with Crippen molar-refractivity contribution in [2.24, 2.45) is 0 Å². The van der Waals surface area contributed by atoms with Gasteiger partial charge in [0.15, 0.2) is 10.5 Å². The molecule has 0 bridgehead atoms. The number of ether oxygens (including phenoxy) is 1. The summed E-state index contributed by atoms with van der Waals surface area (Å²) in [6, 6.07) is 3.51. The molecule has 0 unspecified atom stereocenters. The Morgan fingerprint density at radius 3 is 2.52 bits per heavy atom. The first-order valence-electron chi connectivity index (χ1n) is 7.53. The number of likely N-dealkylation sites (N-methyl/N-ethyl adjacent to an activating group) is 1. The first-order valence-corrected chi connectivity index (χ1v) is 8.32. The number of Topliss-reactive ketones (excluding diaryl/α,β-unsaturated/α-hetero) is 1. The minimum atomic E-state index is -0.582. The Balaban J connectivity index is 2.23. The van der Waals surface area contributed by atoms with E-state index in [0.717, 1.165) is 0 Å². The summed E-state index contributed by atoms with van der Waals surface area (Å²) in [4.78, 5) is 40.6. The number of carbonyl (C=O) groups excluding carboxylic acids is 3. The van der Waals surface area contributed by atoms with Crippen LogP contribution < -0.4 is 0 Å². The number of esters is 1. The predicted octanol–water partition coefficient (Wildman–Crippen LogP) is 2.87. The summed E-state index contributed by atoms with van der Waals surface area (Å²) in [5, 5.41) is 0. The summed E-state index contributed by atoms with van der Waals surface area (Å²) in [6.07, 6.45) is -0.0586. The molecule has 25 heavy (non-hydrogen) atoms. The van der Waals surface area contributed by atoms with E-state index in [1.54, 1.807) is 26.1 Å². The molecule has 1 N–H and O–H groups in total. The molecule has 7 nitrogen and oxygen atoms in total. The molecule has 0 radical (unpaired) electrons. The van der Waals surface area contributed by atoms with Crippen molar-refractivity contribution in [2.45, 2.75) is 26.8 Å². The lowest BCUT2D eigenvalue weighted by atomic mass is 10.1. The van der Waals surface area contributed by atoms with Crippen LogP contribution in [-0.2, 0) is 22.5 Å². The Labute approximate surface area is 153 Å². The van der Waals surface area contributed by atoms with Crippen LogP contribution in [0.2, 0.25) is 0 Å². The topological polar surface area (TPSA) is 92.6 Å². The van der Waals surface area contributed by atoms with Gasteiger partial charge in [0.1, 0.15) is 5.76 Å². The lowest BCUT2D eigenvalue weighted by Gasteiger charge is -2.15. The van der Waals surface area contributed by atoms with Crippen LogP contribution in [0.15, 0.2) is 21.2 Å². The largest absolute Gasteiger partial charge is 0.465 e. The average molecular weight is 411 g/mol. The molecule has 2 aromatic heterocycles. The number of ketones is 1. The van der Waals surface area contributed by atoms with Crippen molar-refractivity contribution in [1.29, 1.82) is 0 Å². The van der Waals surface area contributed by atoms with Crippen LogP contribution >= 0.6 is 15.9 Å². The van der Waals surface area contributed by atoms with E-state index in [9.17, 15) is 14.4 Å². The number of furan rings is 1. The predicted molar refractivity (Wildman–Crippen MR) is 93.5 cm³/mol. The zero-order chi connectivity index (χ0) is 18.7.